The zero-order chi connectivity index (χ0) is 18.1. The summed E-state index contributed by atoms with van der Waals surface area (Å²) in [5.41, 5.74) is 2.77. The number of aromatic amines is 1. The van der Waals surface area contributed by atoms with E-state index in [2.05, 4.69) is 25.7 Å². The first-order chi connectivity index (χ1) is 12.6. The van der Waals surface area contributed by atoms with Gasteiger partial charge in [0.15, 0.2) is 0 Å². The van der Waals surface area contributed by atoms with E-state index in [-0.39, 0.29) is 11.5 Å². The number of H-pyrrole nitrogens is 1. The van der Waals surface area contributed by atoms with Gasteiger partial charge < -0.3 is 10.3 Å². The predicted octanol–water partition coefficient (Wildman–Crippen LogP) is 2.11. The number of amides is 1. The highest BCUT2D eigenvalue weighted by Gasteiger charge is 2.11. The molecule has 0 unspecified atom stereocenters. The number of nitrogens with one attached hydrogen (secondary N) is 2. The minimum absolute atomic E-state index is 0.139. The molecule has 0 aliphatic carbocycles. The van der Waals surface area contributed by atoms with Crippen LogP contribution in [0.15, 0.2) is 58.4 Å². The Hall–Kier alpha value is -3.81. The van der Waals surface area contributed by atoms with E-state index >= 15 is 0 Å². The van der Waals surface area contributed by atoms with Crippen molar-refractivity contribution < 1.29 is 4.79 Å². The summed E-state index contributed by atoms with van der Waals surface area (Å²) < 4.78 is 0. The summed E-state index contributed by atoms with van der Waals surface area (Å²) >= 11 is 0. The smallest absolute Gasteiger partial charge is 0.315 e. The maximum atomic E-state index is 12.6. The third-order valence-corrected chi connectivity index (χ3v) is 3.85. The van der Waals surface area contributed by atoms with Crippen LogP contribution >= 0.6 is 0 Å². The van der Waals surface area contributed by atoms with Gasteiger partial charge in [0, 0.05) is 23.5 Å². The van der Waals surface area contributed by atoms with E-state index < -0.39 is 0 Å². The number of hydrogen-bond donors (Lipinski definition) is 2. The van der Waals surface area contributed by atoms with Crippen molar-refractivity contribution in [3.8, 4) is 0 Å². The van der Waals surface area contributed by atoms with Gasteiger partial charge in [-0.2, -0.15) is 5.10 Å². The van der Waals surface area contributed by atoms with Crippen molar-refractivity contribution in [1.29, 1.82) is 0 Å². The fraction of sp³-hybridized carbons (Fsp3) is 0.0556. The third-order valence-electron chi connectivity index (χ3n) is 3.85. The highest BCUT2D eigenvalue weighted by Crippen LogP contribution is 2.19. The van der Waals surface area contributed by atoms with Gasteiger partial charge in [0.25, 0.3) is 0 Å². The summed E-state index contributed by atoms with van der Waals surface area (Å²) in [6, 6.07) is 14.6. The minimum Gasteiger partial charge on any atom is -0.348 e. The van der Waals surface area contributed by atoms with Gasteiger partial charge in [0.2, 0.25) is 5.91 Å². The molecule has 8 nitrogen and oxygen atoms in total. The van der Waals surface area contributed by atoms with Crippen LogP contribution in [0.3, 0.4) is 0 Å². The molecule has 8 heteroatoms. The lowest BCUT2D eigenvalue weighted by atomic mass is 10.2. The monoisotopic (exact) mass is 346 g/mol. The highest BCUT2D eigenvalue weighted by atomic mass is 16.1. The van der Waals surface area contributed by atoms with E-state index in [1.807, 2.05) is 24.3 Å². The Kier molecular flexibility index (Phi) is 3.77. The SMILES string of the molecule is CC(=O)Nc1ccc(C=Nn2nnc3c([nH]c4ccccc43)c2=O)cc1. The fourth-order valence-corrected chi connectivity index (χ4v) is 2.67. The summed E-state index contributed by atoms with van der Waals surface area (Å²) in [7, 11) is 0. The average Bonchev–Trinajstić information content (AvgIpc) is 3.02. The maximum absolute atomic E-state index is 12.6. The van der Waals surface area contributed by atoms with E-state index in [9.17, 15) is 9.59 Å². The van der Waals surface area contributed by atoms with Gasteiger partial charge in [-0.15, -0.1) is 5.10 Å². The molecule has 2 aromatic carbocycles. The molecule has 2 N–H and O–H groups in total. The molecule has 0 radical (unpaired) electrons. The van der Waals surface area contributed by atoms with Crippen LogP contribution in [-0.2, 0) is 4.79 Å². The quantitative estimate of drug-likeness (QED) is 0.554. The van der Waals surface area contributed by atoms with E-state index in [1.54, 1.807) is 24.3 Å². The van der Waals surface area contributed by atoms with Crippen molar-refractivity contribution in [3.05, 3.63) is 64.4 Å². The topological polar surface area (TPSA) is 105 Å². The molecule has 2 heterocycles. The molecule has 0 aliphatic rings. The Morgan fingerprint density at radius 3 is 2.73 bits per heavy atom. The summed E-state index contributed by atoms with van der Waals surface area (Å²) in [6.07, 6.45) is 1.50. The number of fused-ring (bicyclic) bond motifs is 3. The lowest BCUT2D eigenvalue weighted by Crippen LogP contribution is -2.20. The molecular formula is C18H14N6O2. The van der Waals surface area contributed by atoms with Crippen LogP contribution in [0, 0.1) is 0 Å². The number of benzene rings is 2. The Labute approximate surface area is 147 Å². The summed E-state index contributed by atoms with van der Waals surface area (Å²) in [5, 5.41) is 15.6. The lowest BCUT2D eigenvalue weighted by Gasteiger charge is -2.01. The number of nitrogens with zero attached hydrogens (tertiary/aromatic N) is 4. The number of anilines is 1. The Morgan fingerprint density at radius 2 is 1.96 bits per heavy atom. The number of carbonyl (C=O) groups excluding carboxylic acids is 1. The van der Waals surface area contributed by atoms with Gasteiger partial charge in [-0.25, -0.2) is 0 Å². The van der Waals surface area contributed by atoms with Crippen LogP contribution in [0.4, 0.5) is 5.69 Å². The zero-order valence-electron chi connectivity index (χ0n) is 13.8. The van der Waals surface area contributed by atoms with Gasteiger partial charge >= 0.3 is 5.56 Å². The first-order valence-corrected chi connectivity index (χ1v) is 7.90. The van der Waals surface area contributed by atoms with Gasteiger partial charge in [-0.1, -0.05) is 35.1 Å². The Balaban J connectivity index is 1.67. The van der Waals surface area contributed by atoms with Crippen LogP contribution in [0.5, 0.6) is 0 Å². The molecule has 0 saturated carbocycles. The fourth-order valence-electron chi connectivity index (χ4n) is 2.67. The normalized spacial score (nSPS) is 11.4. The summed E-state index contributed by atoms with van der Waals surface area (Å²) in [4.78, 5) is 27.6. The van der Waals surface area contributed by atoms with E-state index in [1.165, 1.54) is 13.1 Å². The minimum atomic E-state index is -0.377. The summed E-state index contributed by atoms with van der Waals surface area (Å²) in [5.74, 6) is -0.139. The van der Waals surface area contributed by atoms with Gasteiger partial charge in [-0.3, -0.25) is 9.59 Å². The standard InChI is InChI=1S/C18H14N6O2/c1-11(25)20-13-8-6-12(7-9-13)10-19-24-18(26)17-16(22-23-24)14-4-2-3-5-15(14)21-17/h2-10,21H,1H3,(H,20,25). The van der Waals surface area contributed by atoms with Crippen molar-refractivity contribution in [1.82, 2.24) is 20.1 Å². The number of hydrogen-bond acceptors (Lipinski definition) is 5. The molecule has 0 aliphatic heterocycles. The van der Waals surface area contributed by atoms with Crippen molar-refractivity contribution in [3.63, 3.8) is 0 Å². The average molecular weight is 346 g/mol. The number of para-hydroxylation sites is 1. The van der Waals surface area contributed by atoms with Crippen LogP contribution in [0.1, 0.15) is 12.5 Å². The molecule has 2 aromatic heterocycles. The first-order valence-electron chi connectivity index (χ1n) is 7.90. The molecule has 26 heavy (non-hydrogen) atoms. The summed E-state index contributed by atoms with van der Waals surface area (Å²) in [6.45, 7) is 1.45. The third kappa shape index (κ3) is 2.84. The molecule has 0 atom stereocenters. The van der Waals surface area contributed by atoms with Crippen LogP contribution < -0.4 is 10.9 Å². The number of rotatable bonds is 3. The van der Waals surface area contributed by atoms with E-state index in [0.717, 1.165) is 21.3 Å². The second-order valence-electron chi connectivity index (χ2n) is 5.73. The largest absolute Gasteiger partial charge is 0.348 e. The molecule has 128 valence electrons. The molecule has 4 aromatic rings. The maximum Gasteiger partial charge on any atom is 0.315 e. The number of aromatic nitrogens is 4. The second kappa shape index (κ2) is 6.25. The Bertz CT molecular complexity index is 1200. The van der Waals surface area contributed by atoms with Gasteiger partial charge in [0.05, 0.1) is 6.21 Å². The molecule has 1 amide bonds. The van der Waals surface area contributed by atoms with Crippen molar-refractivity contribution in [2.45, 2.75) is 6.92 Å². The molecule has 4 rings (SSSR count). The van der Waals surface area contributed by atoms with Gasteiger partial charge in [-0.05, 0) is 29.0 Å². The van der Waals surface area contributed by atoms with Crippen LogP contribution in [0.2, 0.25) is 0 Å². The first kappa shape index (κ1) is 15.7. The molecule has 0 spiro atoms. The van der Waals surface area contributed by atoms with Crippen molar-refractivity contribution in [2.75, 3.05) is 5.32 Å². The molecule has 0 saturated heterocycles. The molecule has 0 bridgehead atoms. The van der Waals surface area contributed by atoms with E-state index in [4.69, 9.17) is 0 Å². The molecular weight excluding hydrogens is 332 g/mol. The van der Waals surface area contributed by atoms with Crippen LogP contribution in [-0.4, -0.2) is 32.2 Å². The van der Waals surface area contributed by atoms with Crippen LogP contribution in [0.25, 0.3) is 21.9 Å². The molecule has 0 fully saturated rings. The second-order valence-corrected chi connectivity index (χ2v) is 5.73. The van der Waals surface area contributed by atoms with Gasteiger partial charge in [0.1, 0.15) is 11.0 Å². The van der Waals surface area contributed by atoms with Crippen molar-refractivity contribution >= 4 is 39.7 Å². The van der Waals surface area contributed by atoms with Crippen molar-refractivity contribution in [2.24, 2.45) is 5.10 Å². The predicted molar refractivity (Wildman–Crippen MR) is 99.4 cm³/mol. The zero-order valence-corrected chi connectivity index (χ0v) is 13.8. The number of carbonyl (C=O) groups is 1. The van der Waals surface area contributed by atoms with E-state index in [0.29, 0.717) is 16.7 Å². The Morgan fingerprint density at radius 1 is 1.19 bits per heavy atom. The lowest BCUT2D eigenvalue weighted by molar-refractivity contribution is -0.114. The highest BCUT2D eigenvalue weighted by molar-refractivity contribution is 6.04.